The van der Waals surface area contributed by atoms with E-state index in [0.717, 1.165) is 0 Å². The van der Waals surface area contributed by atoms with Gasteiger partial charge in [0, 0.05) is 35.0 Å². The molecule has 3 rings (SSSR count). The van der Waals surface area contributed by atoms with Gasteiger partial charge in [-0.1, -0.05) is 55.2 Å². The third-order valence-electron chi connectivity index (χ3n) is 7.89. The van der Waals surface area contributed by atoms with Crippen LogP contribution in [0.1, 0.15) is 44.7 Å². The van der Waals surface area contributed by atoms with Crippen LogP contribution < -0.4 is 4.74 Å². The first-order chi connectivity index (χ1) is 16.8. The van der Waals surface area contributed by atoms with Crippen LogP contribution in [0.15, 0.2) is 42.5 Å². The van der Waals surface area contributed by atoms with Crippen molar-refractivity contribution in [3.63, 3.8) is 0 Å². The van der Waals surface area contributed by atoms with Crippen LogP contribution in [0.25, 0.3) is 0 Å². The Balaban J connectivity index is 1.69. The van der Waals surface area contributed by atoms with Gasteiger partial charge >= 0.3 is 11.9 Å². The number of rotatable bonds is 9. The maximum Gasteiger partial charge on any atom is 0.326 e. The predicted molar refractivity (Wildman–Crippen MR) is 137 cm³/mol. The molecule has 0 spiro atoms. The smallest absolute Gasteiger partial charge is 0.326 e. The fraction of sp³-hybridized carbons (Fsp3) is 0.444. The molecule has 1 saturated carbocycles. The molecule has 2 aromatic rings. The van der Waals surface area contributed by atoms with Crippen molar-refractivity contribution in [2.75, 3.05) is 7.05 Å². The Bertz CT molecular complexity index is 1130. The SMILES string of the molecule is CN(C(=O)[C@H]1CC[C@@](C)(C(=O)O)C1(C)C)[C@@H](Cc1ccc(OCc2c(Cl)cccc2Cl)cc1)C(=O)O. The summed E-state index contributed by atoms with van der Waals surface area (Å²) in [5, 5.41) is 20.7. The van der Waals surface area contributed by atoms with Gasteiger partial charge in [0.05, 0.1) is 5.41 Å². The number of carboxylic acids is 2. The molecule has 0 unspecified atom stereocenters. The van der Waals surface area contributed by atoms with E-state index in [1.54, 1.807) is 63.2 Å². The summed E-state index contributed by atoms with van der Waals surface area (Å²) in [6, 6.07) is 11.1. The average Bonchev–Trinajstić information content (AvgIpc) is 3.06. The highest BCUT2D eigenvalue weighted by molar-refractivity contribution is 6.35. The first-order valence-corrected chi connectivity index (χ1v) is 12.4. The summed E-state index contributed by atoms with van der Waals surface area (Å²) in [7, 11) is 1.47. The van der Waals surface area contributed by atoms with Crippen molar-refractivity contribution in [2.45, 2.75) is 52.7 Å². The zero-order chi connectivity index (χ0) is 26.8. The first-order valence-electron chi connectivity index (χ1n) is 11.7. The Morgan fingerprint density at radius 1 is 1.06 bits per heavy atom. The van der Waals surface area contributed by atoms with Gasteiger partial charge in [0.1, 0.15) is 18.4 Å². The number of carboxylic acid groups (broad SMARTS) is 2. The molecule has 1 aliphatic carbocycles. The Morgan fingerprint density at radius 3 is 2.14 bits per heavy atom. The fourth-order valence-electron chi connectivity index (χ4n) is 4.88. The van der Waals surface area contributed by atoms with Crippen molar-refractivity contribution < 1.29 is 29.3 Å². The van der Waals surface area contributed by atoms with Crippen molar-refractivity contribution in [2.24, 2.45) is 16.7 Å². The lowest BCUT2D eigenvalue weighted by molar-refractivity contribution is -0.159. The van der Waals surface area contributed by atoms with Gasteiger partial charge in [-0.3, -0.25) is 9.59 Å². The Labute approximate surface area is 221 Å². The Morgan fingerprint density at radius 2 is 1.64 bits per heavy atom. The van der Waals surface area contributed by atoms with E-state index in [1.165, 1.54) is 11.9 Å². The summed E-state index contributed by atoms with van der Waals surface area (Å²) in [5.41, 5.74) is -0.496. The molecular weight excluding hydrogens is 505 g/mol. The molecule has 1 aliphatic rings. The molecule has 194 valence electrons. The monoisotopic (exact) mass is 535 g/mol. The number of carbonyl (C=O) groups is 3. The highest BCUT2D eigenvalue weighted by Gasteiger charge is 2.59. The zero-order valence-electron chi connectivity index (χ0n) is 20.8. The van der Waals surface area contributed by atoms with Crippen LogP contribution in [0.5, 0.6) is 5.75 Å². The summed E-state index contributed by atoms with van der Waals surface area (Å²) in [6.07, 6.45) is 0.850. The molecule has 0 heterocycles. The molecule has 36 heavy (non-hydrogen) atoms. The van der Waals surface area contributed by atoms with Crippen LogP contribution in [0, 0.1) is 16.7 Å². The Kier molecular flexibility index (Phi) is 8.26. The van der Waals surface area contributed by atoms with Gasteiger partial charge in [0.2, 0.25) is 5.91 Å². The zero-order valence-corrected chi connectivity index (χ0v) is 22.3. The van der Waals surface area contributed by atoms with E-state index in [2.05, 4.69) is 0 Å². The molecule has 0 aromatic heterocycles. The van der Waals surface area contributed by atoms with Gasteiger partial charge < -0.3 is 19.8 Å². The van der Waals surface area contributed by atoms with Crippen LogP contribution >= 0.6 is 23.2 Å². The average molecular weight is 536 g/mol. The third kappa shape index (κ3) is 5.32. The van der Waals surface area contributed by atoms with Crippen LogP contribution in [0.3, 0.4) is 0 Å². The standard InChI is InChI=1S/C27H31Cl2NO6/c1-26(2)19(12-13-27(26,3)25(34)35)23(31)30(4)22(24(32)33)14-16-8-10-17(11-9-16)36-15-18-20(28)6-5-7-21(18)29/h5-11,19,22H,12-15H2,1-4H3,(H,32,33)(H,34,35)/t19-,22+,27+/m1/s1. The van der Waals surface area contributed by atoms with Crippen molar-refractivity contribution in [3.05, 3.63) is 63.6 Å². The van der Waals surface area contributed by atoms with E-state index in [9.17, 15) is 24.6 Å². The highest BCUT2D eigenvalue weighted by Crippen LogP contribution is 2.56. The fourth-order valence-corrected chi connectivity index (χ4v) is 5.38. The maximum atomic E-state index is 13.4. The van der Waals surface area contributed by atoms with Crippen LogP contribution in [-0.2, 0) is 27.4 Å². The second-order valence-corrected chi connectivity index (χ2v) is 10.9. The van der Waals surface area contributed by atoms with Crippen molar-refractivity contribution in [1.29, 1.82) is 0 Å². The molecule has 2 N–H and O–H groups in total. The molecule has 1 amide bonds. The largest absolute Gasteiger partial charge is 0.489 e. The maximum absolute atomic E-state index is 13.4. The van der Waals surface area contributed by atoms with Gasteiger partial charge in [0.25, 0.3) is 0 Å². The van der Waals surface area contributed by atoms with Gasteiger partial charge in [0.15, 0.2) is 0 Å². The summed E-state index contributed by atoms with van der Waals surface area (Å²) >= 11 is 12.4. The molecule has 0 saturated heterocycles. The van der Waals surface area contributed by atoms with E-state index in [1.807, 2.05) is 0 Å². The van der Waals surface area contributed by atoms with Gasteiger partial charge in [-0.05, 0) is 55.0 Å². The summed E-state index contributed by atoms with van der Waals surface area (Å²) in [5.74, 6) is -2.45. The topological polar surface area (TPSA) is 104 Å². The number of carbonyl (C=O) groups excluding carboxylic acids is 1. The summed E-state index contributed by atoms with van der Waals surface area (Å²) < 4.78 is 5.78. The van der Waals surface area contributed by atoms with Gasteiger partial charge in [-0.15, -0.1) is 0 Å². The number of aliphatic carboxylic acids is 2. The normalized spacial score (nSPS) is 21.6. The summed E-state index contributed by atoms with van der Waals surface area (Å²) in [6.45, 7) is 5.38. The lowest BCUT2D eigenvalue weighted by Crippen LogP contribution is -2.50. The molecule has 0 bridgehead atoms. The molecule has 3 atom stereocenters. The quantitative estimate of drug-likeness (QED) is 0.435. The molecule has 2 aromatic carbocycles. The number of halogens is 2. The third-order valence-corrected chi connectivity index (χ3v) is 8.60. The first kappa shape index (κ1) is 27.8. The van der Waals surface area contributed by atoms with Crippen molar-refractivity contribution >= 4 is 41.0 Å². The Hall–Kier alpha value is -2.77. The van der Waals surface area contributed by atoms with Crippen LogP contribution in [0.2, 0.25) is 10.0 Å². The van der Waals surface area contributed by atoms with E-state index < -0.39 is 34.7 Å². The van der Waals surface area contributed by atoms with Crippen molar-refractivity contribution in [3.8, 4) is 5.75 Å². The van der Waals surface area contributed by atoms with E-state index >= 15 is 0 Å². The minimum atomic E-state index is -1.13. The van der Waals surface area contributed by atoms with E-state index in [4.69, 9.17) is 27.9 Å². The van der Waals surface area contributed by atoms with E-state index in [-0.39, 0.29) is 18.9 Å². The molecule has 7 nitrogen and oxygen atoms in total. The lowest BCUT2D eigenvalue weighted by Gasteiger charge is -2.39. The minimum absolute atomic E-state index is 0.0948. The molecular formula is C27H31Cl2NO6. The van der Waals surface area contributed by atoms with Crippen molar-refractivity contribution in [1.82, 2.24) is 4.90 Å². The number of amides is 1. The number of nitrogens with zero attached hydrogens (tertiary/aromatic N) is 1. The second kappa shape index (κ2) is 10.7. The number of likely N-dealkylation sites (N-methyl/N-ethyl adjacent to an activating group) is 1. The number of ether oxygens (including phenoxy) is 1. The molecule has 0 radical (unpaired) electrons. The lowest BCUT2D eigenvalue weighted by atomic mass is 9.65. The molecule has 0 aliphatic heterocycles. The van der Waals surface area contributed by atoms with Gasteiger partial charge in [-0.25, -0.2) is 4.79 Å². The van der Waals surface area contributed by atoms with Crippen LogP contribution in [0.4, 0.5) is 0 Å². The number of benzene rings is 2. The second-order valence-electron chi connectivity index (χ2n) is 10.1. The molecule has 9 heteroatoms. The van der Waals surface area contributed by atoms with Crippen LogP contribution in [-0.4, -0.2) is 46.0 Å². The van der Waals surface area contributed by atoms with E-state index in [0.29, 0.717) is 39.8 Å². The summed E-state index contributed by atoms with van der Waals surface area (Å²) in [4.78, 5) is 38.6. The minimum Gasteiger partial charge on any atom is -0.489 e. The molecule has 1 fully saturated rings. The number of hydrogen-bond donors (Lipinski definition) is 2. The number of hydrogen-bond acceptors (Lipinski definition) is 4. The van der Waals surface area contributed by atoms with Gasteiger partial charge in [-0.2, -0.15) is 0 Å². The predicted octanol–water partition coefficient (Wildman–Crippen LogP) is 5.55. The highest BCUT2D eigenvalue weighted by atomic mass is 35.5.